The van der Waals surface area contributed by atoms with Crippen molar-refractivity contribution in [2.45, 2.75) is 12.8 Å². The third kappa shape index (κ3) is 22.6. The largest absolute Gasteiger partial charge is 0.493 e. The van der Waals surface area contributed by atoms with E-state index in [-0.39, 0.29) is 0 Å². The second-order valence-electron chi connectivity index (χ2n) is 21.4. The van der Waals surface area contributed by atoms with Gasteiger partial charge in [0.25, 0.3) is 0 Å². The molecule has 0 atom stereocenters. The van der Waals surface area contributed by atoms with Crippen molar-refractivity contribution in [2.75, 3.05) is 132 Å². The summed E-state index contributed by atoms with van der Waals surface area (Å²) in [4.78, 5) is 24.1. The summed E-state index contributed by atoms with van der Waals surface area (Å²) in [7, 11) is 0. The summed E-state index contributed by atoms with van der Waals surface area (Å²) >= 11 is 0. The molecule has 19 heteroatoms. The Labute approximate surface area is 560 Å². The van der Waals surface area contributed by atoms with Crippen molar-refractivity contribution in [3.63, 3.8) is 0 Å². The minimum atomic E-state index is 0.378. The van der Waals surface area contributed by atoms with Gasteiger partial charge in [-0.15, -0.1) is 13.2 Å². The molecular formula is C77H81N5O14. The fraction of sp³-hybridized carbons (Fsp3) is 0.286. The zero-order valence-electron chi connectivity index (χ0n) is 54.0. The summed E-state index contributed by atoms with van der Waals surface area (Å²) in [5.74, 6) is 5.86. The van der Waals surface area contributed by atoms with Gasteiger partial charge in [0.05, 0.1) is 150 Å². The van der Waals surface area contributed by atoms with Gasteiger partial charge in [0.1, 0.15) is 85.6 Å². The van der Waals surface area contributed by atoms with Crippen LogP contribution in [-0.4, -0.2) is 157 Å². The van der Waals surface area contributed by atoms with Crippen LogP contribution in [0, 0.1) is 0 Å². The first-order valence-electron chi connectivity index (χ1n) is 32.3. The molecule has 0 fully saturated rings. The highest BCUT2D eigenvalue weighted by molar-refractivity contribution is 6.04. The molecule has 0 aliphatic carbocycles. The molecule has 19 nitrogen and oxygen atoms in total. The molecule has 10 rings (SSSR count). The topological polar surface area (TPSA) is 194 Å². The quantitative estimate of drug-likeness (QED) is 0.0198. The van der Waals surface area contributed by atoms with Crippen LogP contribution < -0.4 is 37.9 Å². The second kappa shape index (κ2) is 39.0. The molecule has 0 saturated carbocycles. The second-order valence-corrected chi connectivity index (χ2v) is 21.4. The van der Waals surface area contributed by atoms with E-state index in [4.69, 9.17) is 81.3 Å². The zero-order chi connectivity index (χ0) is 65.9. The molecule has 5 heterocycles. The number of aromatic nitrogens is 5. The standard InChI is InChI=1S/C77H81N5O14/c1-3-5-36-89-64-22-24-65(25-23-64)93-52-46-85-40-38-83-44-50-91-62-18-12-58(13-19-62)70-32-16-60-10-11-61-17-33-71(82-77(61)76(60)81-70)59-14-20-63(21-15-59)92-51-45-84-39-41-86-47-53-94-66-26-28-67(29-27-66)95-54-48-87-42-43-88-49-55-96-69-31-35-73(79-57-69)75-9-7-8-74(80-75)72-34-30-68(56-78-72)90-37-6-4-2/h3-4,7-35,56-57H,1-2,5-6,36-55H2. The lowest BCUT2D eigenvalue weighted by Crippen LogP contribution is -2.13. The smallest absolute Gasteiger partial charge is 0.137 e. The maximum absolute atomic E-state index is 5.98. The summed E-state index contributed by atoms with van der Waals surface area (Å²) in [6.07, 6.45) is 8.61. The number of hydrogen-bond donors (Lipinski definition) is 0. The Hall–Kier alpha value is -9.99. The van der Waals surface area contributed by atoms with E-state index in [0.717, 1.165) is 114 Å². The molecule has 5 aromatic heterocycles. The van der Waals surface area contributed by atoms with Gasteiger partial charge in [-0.25, -0.2) is 15.0 Å². The lowest BCUT2D eigenvalue weighted by atomic mass is 10.1. The predicted octanol–water partition coefficient (Wildman–Crippen LogP) is 14.0. The van der Waals surface area contributed by atoms with Gasteiger partial charge in [0.2, 0.25) is 0 Å². The molecule has 0 bridgehead atoms. The molecule has 10 aromatic rings. The maximum atomic E-state index is 5.98. The van der Waals surface area contributed by atoms with Crippen LogP contribution in [0.3, 0.4) is 0 Å². The lowest BCUT2D eigenvalue weighted by molar-refractivity contribution is 0.0270. The van der Waals surface area contributed by atoms with Gasteiger partial charge in [0.15, 0.2) is 0 Å². The Morgan fingerprint density at radius 3 is 0.812 bits per heavy atom. The first-order valence-corrected chi connectivity index (χ1v) is 32.3. The summed E-state index contributed by atoms with van der Waals surface area (Å²) < 4.78 is 80.6. The van der Waals surface area contributed by atoms with Crippen molar-refractivity contribution in [2.24, 2.45) is 0 Å². The summed E-state index contributed by atoms with van der Waals surface area (Å²) in [6, 6.07) is 56.6. The van der Waals surface area contributed by atoms with E-state index in [1.54, 1.807) is 12.4 Å². The molecule has 0 unspecified atom stereocenters. The zero-order valence-corrected chi connectivity index (χ0v) is 54.0. The molecule has 0 spiro atoms. The average molecular weight is 1300 g/mol. The number of nitrogens with zero attached hydrogens (tertiary/aromatic N) is 5. The van der Waals surface area contributed by atoms with E-state index >= 15 is 0 Å². The molecule has 0 amide bonds. The van der Waals surface area contributed by atoms with Gasteiger partial charge < -0.3 is 66.3 Å². The van der Waals surface area contributed by atoms with Crippen LogP contribution >= 0.6 is 0 Å². The van der Waals surface area contributed by atoms with Gasteiger partial charge in [-0.3, -0.25) is 9.97 Å². The highest BCUT2D eigenvalue weighted by Crippen LogP contribution is 2.31. The highest BCUT2D eigenvalue weighted by atomic mass is 16.6. The fourth-order valence-corrected chi connectivity index (χ4v) is 9.55. The van der Waals surface area contributed by atoms with Crippen molar-refractivity contribution >= 4 is 21.8 Å². The molecule has 0 radical (unpaired) electrons. The van der Waals surface area contributed by atoms with Crippen LogP contribution in [0.1, 0.15) is 12.8 Å². The number of pyridine rings is 5. The van der Waals surface area contributed by atoms with Crippen molar-refractivity contribution in [3.8, 4) is 91.3 Å². The van der Waals surface area contributed by atoms with Crippen LogP contribution in [0.5, 0.6) is 46.0 Å². The Morgan fingerprint density at radius 1 is 0.240 bits per heavy atom. The Balaban J connectivity index is 0.526. The molecule has 498 valence electrons. The summed E-state index contributed by atoms with van der Waals surface area (Å²) in [5, 5.41) is 2.02. The Kier molecular flexibility index (Phi) is 28.0. The molecule has 0 N–H and O–H groups in total. The molecule has 0 aliphatic rings. The number of fused-ring (bicyclic) bond motifs is 3. The first-order chi connectivity index (χ1) is 47.5. The van der Waals surface area contributed by atoms with Crippen molar-refractivity contribution in [1.29, 1.82) is 0 Å². The third-order valence-corrected chi connectivity index (χ3v) is 14.5. The lowest BCUT2D eigenvalue weighted by Gasteiger charge is -2.11. The number of rotatable bonds is 45. The maximum Gasteiger partial charge on any atom is 0.137 e. The van der Waals surface area contributed by atoms with E-state index in [9.17, 15) is 0 Å². The van der Waals surface area contributed by atoms with Gasteiger partial charge in [-0.2, -0.15) is 0 Å². The Morgan fingerprint density at radius 2 is 0.500 bits per heavy atom. The van der Waals surface area contributed by atoms with Gasteiger partial charge in [0, 0.05) is 21.9 Å². The van der Waals surface area contributed by atoms with Crippen LogP contribution in [0.15, 0.2) is 214 Å². The van der Waals surface area contributed by atoms with E-state index < -0.39 is 0 Å². The van der Waals surface area contributed by atoms with E-state index in [0.29, 0.717) is 144 Å². The molecule has 5 aromatic carbocycles. The molecule has 0 saturated heterocycles. The highest BCUT2D eigenvalue weighted by Gasteiger charge is 2.12. The monoisotopic (exact) mass is 1300 g/mol. The fourth-order valence-electron chi connectivity index (χ4n) is 9.55. The normalized spacial score (nSPS) is 11.1. The predicted molar refractivity (Wildman–Crippen MR) is 370 cm³/mol. The minimum absolute atomic E-state index is 0.378. The first kappa shape index (κ1) is 68.9. The molecule has 96 heavy (non-hydrogen) atoms. The van der Waals surface area contributed by atoms with Gasteiger partial charge >= 0.3 is 0 Å². The summed E-state index contributed by atoms with van der Waals surface area (Å²) in [5.41, 5.74) is 8.25. The Bertz CT molecular complexity index is 3900. The minimum Gasteiger partial charge on any atom is -0.493 e. The van der Waals surface area contributed by atoms with Gasteiger partial charge in [-0.05, 0) is 158 Å². The van der Waals surface area contributed by atoms with Crippen molar-refractivity contribution < 1.29 is 66.3 Å². The van der Waals surface area contributed by atoms with Crippen molar-refractivity contribution in [1.82, 2.24) is 24.9 Å². The van der Waals surface area contributed by atoms with E-state index in [1.807, 2.05) is 164 Å². The number of hydrogen-bond acceptors (Lipinski definition) is 19. The van der Waals surface area contributed by atoms with E-state index in [1.165, 1.54) is 0 Å². The summed E-state index contributed by atoms with van der Waals surface area (Å²) in [6.45, 7) is 16.3. The number of ether oxygens (including phenoxy) is 14. The van der Waals surface area contributed by atoms with Crippen LogP contribution in [0.2, 0.25) is 0 Å². The SMILES string of the molecule is C=CCCOc1ccc(OCCOCCOCCOc2ccc(-c3ccc4ccc5ccc(-c6ccc(OCCOCCOCCOc7ccc(OCCOCCOCCOc8ccc(-c9cccc(-c%10ccc(OCCC=C)cn%10)n9)nc8)cc7)cc6)nc5c4n3)cc2)cc1. The molecular weight excluding hydrogens is 1220 g/mol. The van der Waals surface area contributed by atoms with Crippen LogP contribution in [0.4, 0.5) is 0 Å². The van der Waals surface area contributed by atoms with Crippen LogP contribution in [-0.2, 0) is 28.4 Å². The van der Waals surface area contributed by atoms with Crippen molar-refractivity contribution in [3.05, 3.63) is 214 Å². The average Bonchev–Trinajstić information content (AvgIpc) is 0.781. The molecule has 0 aliphatic heterocycles. The third-order valence-electron chi connectivity index (χ3n) is 14.5. The van der Waals surface area contributed by atoms with E-state index in [2.05, 4.69) is 47.4 Å². The van der Waals surface area contributed by atoms with Crippen LogP contribution in [0.25, 0.3) is 67.1 Å². The number of benzene rings is 5. The van der Waals surface area contributed by atoms with Gasteiger partial charge in [-0.1, -0.05) is 42.5 Å².